The van der Waals surface area contributed by atoms with Crippen molar-refractivity contribution in [1.82, 2.24) is 0 Å². The fourth-order valence-corrected chi connectivity index (χ4v) is 1.94. The first kappa shape index (κ1) is 13.5. The average molecular weight is 256 g/mol. The van der Waals surface area contributed by atoms with Crippen LogP contribution in [0.4, 0.5) is 0 Å². The Kier molecular flexibility index (Phi) is 4.85. The van der Waals surface area contributed by atoms with Crippen LogP contribution in [0.15, 0.2) is 48.5 Å². The van der Waals surface area contributed by atoms with E-state index >= 15 is 0 Å². The van der Waals surface area contributed by atoms with Gasteiger partial charge in [-0.15, -0.1) is 0 Å². The van der Waals surface area contributed by atoms with Crippen molar-refractivity contribution in [3.8, 4) is 22.6 Å². The van der Waals surface area contributed by atoms with Crippen LogP contribution in [0.1, 0.15) is 26.2 Å². The second-order valence-electron chi connectivity index (χ2n) is 4.63. The van der Waals surface area contributed by atoms with Crippen LogP contribution in [-0.4, -0.2) is 11.7 Å². The Balaban J connectivity index is 1.96. The van der Waals surface area contributed by atoms with Gasteiger partial charge in [-0.3, -0.25) is 0 Å². The molecule has 19 heavy (non-hydrogen) atoms. The maximum absolute atomic E-state index is 9.27. The van der Waals surface area contributed by atoms with E-state index in [4.69, 9.17) is 4.74 Å². The standard InChI is InChI=1S/C17H20O2/c1-2-3-4-13-19-17-11-7-15(8-12-17)14-5-9-16(18)10-6-14/h5-12,18H,2-4,13H2,1H3. The van der Waals surface area contributed by atoms with Gasteiger partial charge in [0.05, 0.1) is 6.61 Å². The molecule has 0 amide bonds. The van der Waals surface area contributed by atoms with Gasteiger partial charge in [0, 0.05) is 0 Å². The number of unbranched alkanes of at least 4 members (excludes halogenated alkanes) is 2. The summed E-state index contributed by atoms with van der Waals surface area (Å²) in [5, 5.41) is 9.27. The van der Waals surface area contributed by atoms with Crippen LogP contribution < -0.4 is 4.74 Å². The minimum atomic E-state index is 0.291. The van der Waals surface area contributed by atoms with Crippen LogP contribution in [0.5, 0.6) is 11.5 Å². The predicted molar refractivity (Wildman–Crippen MR) is 78.6 cm³/mol. The molecule has 0 atom stereocenters. The van der Waals surface area contributed by atoms with Gasteiger partial charge in [-0.25, -0.2) is 0 Å². The van der Waals surface area contributed by atoms with Crippen molar-refractivity contribution in [3.05, 3.63) is 48.5 Å². The maximum Gasteiger partial charge on any atom is 0.119 e. The molecule has 0 aliphatic heterocycles. The molecule has 2 nitrogen and oxygen atoms in total. The van der Waals surface area contributed by atoms with Gasteiger partial charge in [0.2, 0.25) is 0 Å². The number of hydrogen-bond donors (Lipinski definition) is 1. The SMILES string of the molecule is CCCCCOc1ccc(-c2ccc(O)cc2)cc1. The van der Waals surface area contributed by atoms with Gasteiger partial charge < -0.3 is 9.84 Å². The first-order valence-corrected chi connectivity index (χ1v) is 6.82. The van der Waals surface area contributed by atoms with Crippen LogP contribution in [0.2, 0.25) is 0 Å². The van der Waals surface area contributed by atoms with E-state index < -0.39 is 0 Å². The Bertz CT molecular complexity index is 486. The molecule has 0 aliphatic carbocycles. The minimum absolute atomic E-state index is 0.291. The quantitative estimate of drug-likeness (QED) is 0.764. The summed E-state index contributed by atoms with van der Waals surface area (Å²) in [6.45, 7) is 2.97. The zero-order valence-electron chi connectivity index (χ0n) is 11.3. The van der Waals surface area contributed by atoms with Gasteiger partial charge in [0.1, 0.15) is 11.5 Å². The molecule has 0 unspecified atom stereocenters. The van der Waals surface area contributed by atoms with Crippen molar-refractivity contribution < 1.29 is 9.84 Å². The summed E-state index contributed by atoms with van der Waals surface area (Å²) in [6.07, 6.45) is 3.53. The lowest BCUT2D eigenvalue weighted by atomic mass is 10.1. The molecule has 0 saturated carbocycles. The molecule has 0 radical (unpaired) electrons. The Morgan fingerprint density at radius 3 is 2.00 bits per heavy atom. The molecule has 0 heterocycles. The lowest BCUT2D eigenvalue weighted by Crippen LogP contribution is -1.96. The second-order valence-corrected chi connectivity index (χ2v) is 4.63. The average Bonchev–Trinajstić information content (AvgIpc) is 2.45. The Morgan fingerprint density at radius 1 is 0.842 bits per heavy atom. The van der Waals surface area contributed by atoms with Crippen LogP contribution in [-0.2, 0) is 0 Å². The molecule has 2 aromatic rings. The molecule has 2 heteroatoms. The number of hydrogen-bond acceptors (Lipinski definition) is 2. The molecule has 0 bridgehead atoms. The summed E-state index contributed by atoms with van der Waals surface area (Å²) in [4.78, 5) is 0. The number of phenols is 1. The highest BCUT2D eigenvalue weighted by atomic mass is 16.5. The molecule has 2 aromatic carbocycles. The molecular formula is C17H20O2. The fraction of sp³-hybridized carbons (Fsp3) is 0.294. The molecular weight excluding hydrogens is 236 g/mol. The lowest BCUT2D eigenvalue weighted by molar-refractivity contribution is 0.306. The van der Waals surface area contributed by atoms with Crippen LogP contribution >= 0.6 is 0 Å². The Morgan fingerprint density at radius 2 is 1.42 bits per heavy atom. The van der Waals surface area contributed by atoms with Crippen molar-refractivity contribution in [2.75, 3.05) is 6.61 Å². The smallest absolute Gasteiger partial charge is 0.119 e. The van der Waals surface area contributed by atoms with Gasteiger partial charge in [-0.05, 0) is 41.8 Å². The van der Waals surface area contributed by atoms with Crippen LogP contribution in [0.3, 0.4) is 0 Å². The van der Waals surface area contributed by atoms with E-state index in [2.05, 4.69) is 6.92 Å². The van der Waals surface area contributed by atoms with E-state index in [0.717, 1.165) is 29.9 Å². The Labute approximate surface area is 114 Å². The number of phenolic OH excluding ortho intramolecular Hbond substituents is 1. The normalized spacial score (nSPS) is 10.4. The zero-order valence-corrected chi connectivity index (χ0v) is 11.3. The number of rotatable bonds is 6. The zero-order chi connectivity index (χ0) is 13.5. The molecule has 0 aromatic heterocycles. The highest BCUT2D eigenvalue weighted by Crippen LogP contribution is 2.24. The van der Waals surface area contributed by atoms with E-state index in [1.807, 2.05) is 36.4 Å². The summed E-state index contributed by atoms with van der Waals surface area (Å²) in [5.74, 6) is 1.21. The predicted octanol–water partition coefficient (Wildman–Crippen LogP) is 4.63. The third kappa shape index (κ3) is 4.02. The summed E-state index contributed by atoms with van der Waals surface area (Å²) >= 11 is 0. The first-order valence-electron chi connectivity index (χ1n) is 6.82. The molecule has 0 aliphatic rings. The second kappa shape index (κ2) is 6.83. The highest BCUT2D eigenvalue weighted by molar-refractivity contribution is 5.64. The van der Waals surface area contributed by atoms with Crippen molar-refractivity contribution in [3.63, 3.8) is 0 Å². The number of aromatic hydroxyl groups is 1. The highest BCUT2D eigenvalue weighted by Gasteiger charge is 1.99. The molecule has 0 spiro atoms. The topological polar surface area (TPSA) is 29.5 Å². The Hall–Kier alpha value is -1.96. The monoisotopic (exact) mass is 256 g/mol. The third-order valence-electron chi connectivity index (χ3n) is 3.07. The summed E-state index contributed by atoms with van der Waals surface area (Å²) in [5.41, 5.74) is 2.22. The fourth-order valence-electron chi connectivity index (χ4n) is 1.94. The van der Waals surface area contributed by atoms with E-state index in [1.54, 1.807) is 12.1 Å². The molecule has 2 rings (SSSR count). The lowest BCUT2D eigenvalue weighted by Gasteiger charge is -2.07. The number of ether oxygens (including phenoxy) is 1. The van der Waals surface area contributed by atoms with Crippen molar-refractivity contribution >= 4 is 0 Å². The van der Waals surface area contributed by atoms with Crippen LogP contribution in [0, 0.1) is 0 Å². The largest absolute Gasteiger partial charge is 0.508 e. The molecule has 0 saturated heterocycles. The van der Waals surface area contributed by atoms with Gasteiger partial charge in [-0.1, -0.05) is 44.0 Å². The van der Waals surface area contributed by atoms with E-state index in [9.17, 15) is 5.11 Å². The van der Waals surface area contributed by atoms with E-state index in [1.165, 1.54) is 12.8 Å². The van der Waals surface area contributed by atoms with Crippen molar-refractivity contribution in [1.29, 1.82) is 0 Å². The van der Waals surface area contributed by atoms with Crippen molar-refractivity contribution in [2.24, 2.45) is 0 Å². The van der Waals surface area contributed by atoms with E-state index in [0.29, 0.717) is 5.75 Å². The third-order valence-corrected chi connectivity index (χ3v) is 3.07. The summed E-state index contributed by atoms with van der Waals surface area (Å²) in [6, 6.07) is 15.3. The molecule has 0 fully saturated rings. The van der Waals surface area contributed by atoms with Gasteiger partial charge >= 0.3 is 0 Å². The minimum Gasteiger partial charge on any atom is -0.508 e. The van der Waals surface area contributed by atoms with Gasteiger partial charge in [0.15, 0.2) is 0 Å². The van der Waals surface area contributed by atoms with Crippen molar-refractivity contribution in [2.45, 2.75) is 26.2 Å². The van der Waals surface area contributed by atoms with Gasteiger partial charge in [0.25, 0.3) is 0 Å². The number of benzene rings is 2. The van der Waals surface area contributed by atoms with Crippen LogP contribution in [0.25, 0.3) is 11.1 Å². The van der Waals surface area contributed by atoms with Gasteiger partial charge in [-0.2, -0.15) is 0 Å². The van der Waals surface area contributed by atoms with E-state index in [-0.39, 0.29) is 0 Å². The molecule has 1 N–H and O–H groups in total. The summed E-state index contributed by atoms with van der Waals surface area (Å²) in [7, 11) is 0. The maximum atomic E-state index is 9.27. The first-order chi connectivity index (χ1) is 9.29. The summed E-state index contributed by atoms with van der Waals surface area (Å²) < 4.78 is 5.68. The molecule has 100 valence electrons.